The topological polar surface area (TPSA) is 50.4 Å². The van der Waals surface area contributed by atoms with Gasteiger partial charge < -0.3 is 15.4 Å². The lowest BCUT2D eigenvalue weighted by Gasteiger charge is -2.11. The number of hydrogen-bond acceptors (Lipinski definition) is 4. The third-order valence-corrected chi connectivity index (χ3v) is 4.71. The van der Waals surface area contributed by atoms with Crippen LogP contribution in [0.5, 0.6) is 0 Å². The molecule has 4 nitrogen and oxygen atoms in total. The van der Waals surface area contributed by atoms with Gasteiger partial charge in [0, 0.05) is 16.6 Å². The average molecular weight is 383 g/mol. The molecule has 0 saturated carbocycles. The summed E-state index contributed by atoms with van der Waals surface area (Å²) in [4.78, 5) is 12.5. The van der Waals surface area contributed by atoms with Crippen LogP contribution in [0.3, 0.4) is 0 Å². The fraction of sp³-hybridized carbons (Fsp3) is 0.100. The molecule has 3 aromatic rings. The van der Waals surface area contributed by atoms with Crippen molar-refractivity contribution in [1.82, 2.24) is 0 Å². The van der Waals surface area contributed by atoms with E-state index in [1.54, 1.807) is 6.92 Å². The quantitative estimate of drug-likeness (QED) is 0.457. The Hall–Kier alpha value is -2.70. The Morgan fingerprint density at radius 2 is 1.69 bits per heavy atom. The SMILES string of the molecule is CCOC(=O)c1c(-c2ccccc2)csc1NC(=S)Nc1ccccc1. The smallest absolute Gasteiger partial charge is 0.341 e. The monoisotopic (exact) mass is 382 g/mol. The highest BCUT2D eigenvalue weighted by atomic mass is 32.1. The minimum absolute atomic E-state index is 0.315. The zero-order valence-corrected chi connectivity index (χ0v) is 15.8. The fourth-order valence-electron chi connectivity index (χ4n) is 2.47. The van der Waals surface area contributed by atoms with Crippen molar-refractivity contribution in [2.75, 3.05) is 17.2 Å². The van der Waals surface area contributed by atoms with Crippen LogP contribution in [0.1, 0.15) is 17.3 Å². The molecule has 6 heteroatoms. The lowest BCUT2D eigenvalue weighted by atomic mass is 10.0. The second-order valence-corrected chi connectivity index (χ2v) is 6.67. The van der Waals surface area contributed by atoms with E-state index in [9.17, 15) is 4.79 Å². The maximum Gasteiger partial charge on any atom is 0.341 e. The number of anilines is 2. The third kappa shape index (κ3) is 4.28. The normalized spacial score (nSPS) is 10.2. The highest BCUT2D eigenvalue weighted by Gasteiger charge is 2.22. The number of para-hydroxylation sites is 1. The maximum absolute atomic E-state index is 12.5. The molecule has 0 spiro atoms. The van der Waals surface area contributed by atoms with Crippen LogP contribution >= 0.6 is 23.6 Å². The summed E-state index contributed by atoms with van der Waals surface area (Å²) in [5.74, 6) is -0.363. The minimum atomic E-state index is -0.363. The van der Waals surface area contributed by atoms with Crippen molar-refractivity contribution in [2.24, 2.45) is 0 Å². The summed E-state index contributed by atoms with van der Waals surface area (Å²) in [6.45, 7) is 2.11. The summed E-state index contributed by atoms with van der Waals surface area (Å²) in [6.07, 6.45) is 0. The molecule has 3 rings (SSSR count). The lowest BCUT2D eigenvalue weighted by molar-refractivity contribution is 0.0529. The Morgan fingerprint density at radius 3 is 2.35 bits per heavy atom. The van der Waals surface area contributed by atoms with E-state index in [-0.39, 0.29) is 5.97 Å². The molecule has 0 atom stereocenters. The van der Waals surface area contributed by atoms with Gasteiger partial charge in [-0.3, -0.25) is 0 Å². The first-order chi connectivity index (χ1) is 12.7. The largest absolute Gasteiger partial charge is 0.462 e. The second-order valence-electron chi connectivity index (χ2n) is 5.39. The predicted octanol–water partition coefficient (Wildman–Crippen LogP) is 5.40. The van der Waals surface area contributed by atoms with Crippen molar-refractivity contribution in [1.29, 1.82) is 0 Å². The van der Waals surface area contributed by atoms with Gasteiger partial charge in [-0.15, -0.1) is 11.3 Å². The van der Waals surface area contributed by atoms with Gasteiger partial charge in [0.1, 0.15) is 10.6 Å². The Kier molecular flexibility index (Phi) is 5.99. The fourth-order valence-corrected chi connectivity index (χ4v) is 3.72. The molecule has 0 unspecified atom stereocenters. The van der Waals surface area contributed by atoms with Gasteiger partial charge in [0.15, 0.2) is 5.11 Å². The number of hydrogen-bond donors (Lipinski definition) is 2. The molecule has 26 heavy (non-hydrogen) atoms. The molecule has 0 saturated heterocycles. The Bertz CT molecular complexity index is 893. The molecule has 0 aliphatic heterocycles. The van der Waals surface area contributed by atoms with Gasteiger partial charge in [-0.2, -0.15) is 0 Å². The van der Waals surface area contributed by atoms with Crippen LogP contribution in [0.4, 0.5) is 10.7 Å². The minimum Gasteiger partial charge on any atom is -0.462 e. The first kappa shape index (κ1) is 18.1. The molecule has 0 fully saturated rings. The molecule has 0 amide bonds. The van der Waals surface area contributed by atoms with Crippen LogP contribution in [0.2, 0.25) is 0 Å². The number of thiocarbonyl (C=S) groups is 1. The number of thiophene rings is 1. The highest BCUT2D eigenvalue weighted by Crippen LogP contribution is 2.36. The summed E-state index contributed by atoms with van der Waals surface area (Å²) in [7, 11) is 0. The average Bonchev–Trinajstić information content (AvgIpc) is 3.07. The maximum atomic E-state index is 12.5. The molecule has 2 N–H and O–H groups in total. The van der Waals surface area contributed by atoms with Gasteiger partial charge in [0.25, 0.3) is 0 Å². The summed E-state index contributed by atoms with van der Waals surface area (Å²) < 4.78 is 5.25. The zero-order chi connectivity index (χ0) is 18.4. The molecular formula is C20H18N2O2S2. The van der Waals surface area contributed by atoms with E-state index in [1.807, 2.05) is 66.0 Å². The lowest BCUT2D eigenvalue weighted by Crippen LogP contribution is -2.20. The van der Waals surface area contributed by atoms with Crippen molar-refractivity contribution >= 4 is 45.3 Å². The molecule has 1 heterocycles. The predicted molar refractivity (Wildman–Crippen MR) is 112 cm³/mol. The molecule has 0 radical (unpaired) electrons. The Morgan fingerprint density at radius 1 is 1.04 bits per heavy atom. The van der Waals surface area contributed by atoms with E-state index in [4.69, 9.17) is 17.0 Å². The zero-order valence-electron chi connectivity index (χ0n) is 14.2. The first-order valence-corrected chi connectivity index (χ1v) is 9.45. The van der Waals surface area contributed by atoms with Crippen molar-refractivity contribution in [3.05, 3.63) is 71.6 Å². The summed E-state index contributed by atoms with van der Waals surface area (Å²) in [5, 5.41) is 9.26. The van der Waals surface area contributed by atoms with Crippen molar-refractivity contribution in [3.63, 3.8) is 0 Å². The van der Waals surface area contributed by atoms with Gasteiger partial charge in [-0.05, 0) is 36.8 Å². The van der Waals surface area contributed by atoms with E-state index >= 15 is 0 Å². The molecular weight excluding hydrogens is 364 g/mol. The van der Waals surface area contributed by atoms with E-state index in [0.29, 0.717) is 22.3 Å². The molecule has 1 aromatic heterocycles. The number of nitrogens with one attached hydrogen (secondary N) is 2. The van der Waals surface area contributed by atoms with E-state index in [2.05, 4.69) is 10.6 Å². The summed E-state index contributed by atoms with van der Waals surface area (Å²) >= 11 is 6.81. The first-order valence-electron chi connectivity index (χ1n) is 8.16. The number of benzene rings is 2. The third-order valence-electron chi connectivity index (χ3n) is 3.61. The van der Waals surface area contributed by atoms with Crippen LogP contribution in [-0.4, -0.2) is 17.7 Å². The van der Waals surface area contributed by atoms with Crippen LogP contribution in [0.15, 0.2) is 66.0 Å². The Balaban J connectivity index is 1.88. The van der Waals surface area contributed by atoms with Crippen molar-refractivity contribution < 1.29 is 9.53 Å². The van der Waals surface area contributed by atoms with Gasteiger partial charge in [-0.1, -0.05) is 48.5 Å². The van der Waals surface area contributed by atoms with E-state index < -0.39 is 0 Å². The number of carbonyl (C=O) groups is 1. The van der Waals surface area contributed by atoms with Gasteiger partial charge >= 0.3 is 5.97 Å². The number of esters is 1. The van der Waals surface area contributed by atoms with E-state index in [0.717, 1.165) is 16.8 Å². The molecule has 0 aliphatic carbocycles. The van der Waals surface area contributed by atoms with E-state index in [1.165, 1.54) is 11.3 Å². The van der Waals surface area contributed by atoms with Crippen molar-refractivity contribution in [3.8, 4) is 11.1 Å². The summed E-state index contributed by atoms with van der Waals surface area (Å²) in [6, 6.07) is 19.4. The number of ether oxygens (including phenoxy) is 1. The Labute approximate surface area is 161 Å². The van der Waals surface area contributed by atoms with Crippen LogP contribution in [0, 0.1) is 0 Å². The van der Waals surface area contributed by atoms with Crippen molar-refractivity contribution in [2.45, 2.75) is 6.92 Å². The van der Waals surface area contributed by atoms with Crippen LogP contribution in [-0.2, 0) is 4.74 Å². The second kappa shape index (κ2) is 8.60. The van der Waals surface area contributed by atoms with Crippen LogP contribution in [0.25, 0.3) is 11.1 Å². The highest BCUT2D eigenvalue weighted by molar-refractivity contribution is 7.80. The van der Waals surface area contributed by atoms with Gasteiger partial charge in [0.05, 0.1) is 6.61 Å². The molecule has 2 aromatic carbocycles. The van der Waals surface area contributed by atoms with Gasteiger partial charge in [-0.25, -0.2) is 4.79 Å². The van der Waals surface area contributed by atoms with Gasteiger partial charge in [0.2, 0.25) is 0 Å². The number of carbonyl (C=O) groups excluding carboxylic acids is 1. The molecule has 0 aliphatic rings. The summed E-state index contributed by atoms with van der Waals surface area (Å²) in [5.41, 5.74) is 3.17. The molecule has 132 valence electrons. The number of rotatable bonds is 5. The standard InChI is InChI=1S/C20H18N2O2S2/c1-2-24-19(23)17-16(14-9-5-3-6-10-14)13-26-18(17)22-20(25)21-15-11-7-4-8-12-15/h3-13H,2H2,1H3,(H2,21,22,25). The van der Waals surface area contributed by atoms with Crippen LogP contribution < -0.4 is 10.6 Å². The molecule has 0 bridgehead atoms.